The Morgan fingerprint density at radius 1 is 1.16 bits per heavy atom. The molecule has 0 bridgehead atoms. The molecule has 0 saturated carbocycles. The number of carbonyl (C=O) groups is 1. The monoisotopic (exact) mass is 398 g/mol. The molecule has 0 radical (unpaired) electrons. The highest BCUT2D eigenvalue weighted by atomic mass is 79.9. The fraction of sp³-hybridized carbons (Fsp3) is 0.200. The van der Waals surface area contributed by atoms with Crippen LogP contribution in [0.5, 0.6) is 5.88 Å². The first kappa shape index (κ1) is 17.4. The van der Waals surface area contributed by atoms with E-state index in [2.05, 4.69) is 27.1 Å². The second-order valence-corrected chi connectivity index (χ2v) is 6.75. The topological polar surface area (TPSA) is 44.1 Å². The molecule has 1 heterocycles. The summed E-state index contributed by atoms with van der Waals surface area (Å²) in [5.41, 5.74) is 4.50. The van der Waals surface area contributed by atoms with E-state index in [1.54, 1.807) is 16.8 Å². The summed E-state index contributed by atoms with van der Waals surface area (Å²) < 4.78 is 8.06. The number of rotatable bonds is 4. The van der Waals surface area contributed by atoms with E-state index in [9.17, 15) is 4.79 Å². The first-order valence-corrected chi connectivity index (χ1v) is 8.92. The number of carbonyl (C=O) groups excluding carboxylic acids is 1. The first-order chi connectivity index (χ1) is 12.0. The highest BCUT2D eigenvalue weighted by Gasteiger charge is 2.18. The molecule has 3 rings (SSSR count). The molecule has 0 aliphatic carbocycles. The molecule has 0 atom stereocenters. The van der Waals surface area contributed by atoms with Crippen molar-refractivity contribution in [2.75, 3.05) is 0 Å². The molecule has 0 aliphatic rings. The number of hydrogen-bond donors (Lipinski definition) is 0. The van der Waals surface area contributed by atoms with Gasteiger partial charge in [-0.1, -0.05) is 36.8 Å². The SMILES string of the molecule is CCc1cc(OC(=O)c2ccccc2Br)n(-c2ccc(C)cc2C)n1. The summed E-state index contributed by atoms with van der Waals surface area (Å²) in [6, 6.07) is 15.1. The van der Waals surface area contributed by atoms with E-state index in [1.165, 1.54) is 5.56 Å². The van der Waals surface area contributed by atoms with Crippen molar-refractivity contribution >= 4 is 21.9 Å². The molecule has 0 fully saturated rings. The van der Waals surface area contributed by atoms with Gasteiger partial charge < -0.3 is 4.74 Å². The van der Waals surface area contributed by atoms with Crippen LogP contribution in [0.3, 0.4) is 0 Å². The molecule has 0 N–H and O–H groups in total. The molecule has 1 aromatic heterocycles. The second kappa shape index (κ2) is 7.23. The van der Waals surface area contributed by atoms with Crippen LogP contribution in [0.2, 0.25) is 0 Å². The molecule has 128 valence electrons. The molecular weight excluding hydrogens is 380 g/mol. The van der Waals surface area contributed by atoms with Crippen molar-refractivity contribution in [3.05, 3.63) is 75.4 Å². The number of ether oxygens (including phenoxy) is 1. The van der Waals surface area contributed by atoms with Gasteiger partial charge >= 0.3 is 5.97 Å². The maximum atomic E-state index is 12.6. The van der Waals surface area contributed by atoms with Crippen molar-refractivity contribution in [1.29, 1.82) is 0 Å². The van der Waals surface area contributed by atoms with Crippen LogP contribution in [0, 0.1) is 13.8 Å². The molecule has 0 aliphatic heterocycles. The van der Waals surface area contributed by atoms with Crippen molar-refractivity contribution in [2.24, 2.45) is 0 Å². The van der Waals surface area contributed by atoms with Crippen molar-refractivity contribution in [1.82, 2.24) is 9.78 Å². The Morgan fingerprint density at radius 2 is 1.92 bits per heavy atom. The first-order valence-electron chi connectivity index (χ1n) is 8.13. The van der Waals surface area contributed by atoms with E-state index in [0.717, 1.165) is 23.4 Å². The number of esters is 1. The Kier molecular flexibility index (Phi) is 5.04. The van der Waals surface area contributed by atoms with Gasteiger partial charge in [-0.25, -0.2) is 9.48 Å². The number of nitrogens with zero attached hydrogens (tertiary/aromatic N) is 2. The quantitative estimate of drug-likeness (QED) is 0.578. The highest BCUT2D eigenvalue weighted by molar-refractivity contribution is 9.10. The number of hydrogen-bond acceptors (Lipinski definition) is 3. The predicted molar refractivity (Wildman–Crippen MR) is 102 cm³/mol. The van der Waals surface area contributed by atoms with E-state index in [0.29, 0.717) is 15.9 Å². The summed E-state index contributed by atoms with van der Waals surface area (Å²) in [4.78, 5) is 12.6. The molecule has 0 spiro atoms. The van der Waals surface area contributed by atoms with Gasteiger partial charge in [-0.3, -0.25) is 0 Å². The lowest BCUT2D eigenvalue weighted by atomic mass is 10.1. The third kappa shape index (κ3) is 3.66. The van der Waals surface area contributed by atoms with Gasteiger partial charge in [0.2, 0.25) is 5.88 Å². The van der Waals surface area contributed by atoms with Gasteiger partial charge in [0, 0.05) is 10.5 Å². The fourth-order valence-corrected chi connectivity index (χ4v) is 3.09. The molecule has 0 saturated heterocycles. The normalized spacial score (nSPS) is 10.7. The Labute approximate surface area is 155 Å². The fourth-order valence-electron chi connectivity index (χ4n) is 2.65. The van der Waals surface area contributed by atoms with Gasteiger partial charge in [0.25, 0.3) is 0 Å². The van der Waals surface area contributed by atoms with E-state index in [-0.39, 0.29) is 0 Å². The number of benzene rings is 2. The standard InChI is InChI=1S/C20H19BrN2O2/c1-4-15-12-19(25-20(24)16-7-5-6-8-17(16)21)23(22-15)18-10-9-13(2)11-14(18)3/h5-12H,4H2,1-3H3. The Bertz CT molecular complexity index is 931. The van der Waals surface area contributed by atoms with E-state index in [1.807, 2.05) is 51.1 Å². The number of aromatic nitrogens is 2. The molecular formula is C20H19BrN2O2. The summed E-state index contributed by atoms with van der Waals surface area (Å²) in [5, 5.41) is 4.59. The summed E-state index contributed by atoms with van der Waals surface area (Å²) in [6.07, 6.45) is 0.761. The van der Waals surface area contributed by atoms with Crippen LogP contribution in [-0.2, 0) is 6.42 Å². The van der Waals surface area contributed by atoms with Crippen LogP contribution in [-0.4, -0.2) is 15.7 Å². The Hall–Kier alpha value is -2.40. The Morgan fingerprint density at radius 3 is 2.60 bits per heavy atom. The molecule has 0 unspecified atom stereocenters. The number of halogens is 1. The lowest BCUT2D eigenvalue weighted by Crippen LogP contribution is -2.12. The van der Waals surface area contributed by atoms with E-state index < -0.39 is 5.97 Å². The molecule has 0 amide bonds. The van der Waals surface area contributed by atoms with Crippen LogP contribution in [0.4, 0.5) is 0 Å². The number of aryl methyl sites for hydroxylation is 3. The van der Waals surface area contributed by atoms with Gasteiger partial charge in [-0.05, 0) is 60.0 Å². The van der Waals surface area contributed by atoms with Crippen LogP contribution in [0.15, 0.2) is 53.0 Å². The van der Waals surface area contributed by atoms with Gasteiger partial charge in [-0.2, -0.15) is 5.10 Å². The van der Waals surface area contributed by atoms with Crippen LogP contribution >= 0.6 is 15.9 Å². The zero-order chi connectivity index (χ0) is 18.0. The molecule has 3 aromatic rings. The third-order valence-corrected chi connectivity index (χ3v) is 4.65. The second-order valence-electron chi connectivity index (χ2n) is 5.90. The predicted octanol–water partition coefficient (Wildman–Crippen LogP) is 5.03. The van der Waals surface area contributed by atoms with Crippen LogP contribution in [0.25, 0.3) is 5.69 Å². The van der Waals surface area contributed by atoms with Gasteiger partial charge in [0.05, 0.1) is 16.9 Å². The minimum absolute atomic E-state index is 0.416. The van der Waals surface area contributed by atoms with E-state index in [4.69, 9.17) is 4.74 Å². The third-order valence-electron chi connectivity index (χ3n) is 3.96. The summed E-state index contributed by atoms with van der Waals surface area (Å²) in [5.74, 6) is 0.00518. The average Bonchev–Trinajstić information content (AvgIpc) is 2.98. The minimum atomic E-state index is -0.416. The molecule has 4 nitrogen and oxygen atoms in total. The average molecular weight is 399 g/mol. The van der Waals surface area contributed by atoms with Crippen molar-refractivity contribution in [2.45, 2.75) is 27.2 Å². The molecule has 2 aromatic carbocycles. The minimum Gasteiger partial charge on any atom is -0.404 e. The summed E-state index contributed by atoms with van der Waals surface area (Å²) >= 11 is 3.39. The van der Waals surface area contributed by atoms with Gasteiger partial charge in [0.15, 0.2) is 0 Å². The maximum absolute atomic E-state index is 12.6. The zero-order valence-corrected chi connectivity index (χ0v) is 16.0. The van der Waals surface area contributed by atoms with Crippen molar-refractivity contribution in [3.8, 4) is 11.6 Å². The van der Waals surface area contributed by atoms with Gasteiger partial charge in [-0.15, -0.1) is 0 Å². The summed E-state index contributed by atoms with van der Waals surface area (Å²) in [7, 11) is 0. The lowest BCUT2D eigenvalue weighted by Gasteiger charge is -2.11. The largest absolute Gasteiger partial charge is 0.404 e. The van der Waals surface area contributed by atoms with Gasteiger partial charge in [0.1, 0.15) is 0 Å². The van der Waals surface area contributed by atoms with Crippen LogP contribution in [0.1, 0.15) is 34.1 Å². The molecule has 5 heteroatoms. The van der Waals surface area contributed by atoms with Crippen molar-refractivity contribution < 1.29 is 9.53 Å². The zero-order valence-electron chi connectivity index (χ0n) is 14.4. The van der Waals surface area contributed by atoms with Crippen LogP contribution < -0.4 is 4.74 Å². The molecule has 25 heavy (non-hydrogen) atoms. The van der Waals surface area contributed by atoms with Crippen molar-refractivity contribution in [3.63, 3.8) is 0 Å². The smallest absolute Gasteiger partial charge is 0.346 e. The lowest BCUT2D eigenvalue weighted by molar-refractivity contribution is 0.0722. The summed E-state index contributed by atoms with van der Waals surface area (Å²) in [6.45, 7) is 6.09. The highest BCUT2D eigenvalue weighted by Crippen LogP contribution is 2.25. The Balaban J connectivity index is 2.00. The van der Waals surface area contributed by atoms with E-state index >= 15 is 0 Å². The maximum Gasteiger partial charge on any atom is 0.346 e.